The standard InChI is InChI=1S/C20H16ClIN2O4S/c1-27-18-9-12(3-5-14(18)17-7-4-13(10-25)28-17)23-20(29)24-19(26)15-8-11(22)2-6-16(15)21/h2-9,25H,10H2,1H3,(H2,23,24,26,29). The first-order valence-corrected chi connectivity index (χ1v) is 10.2. The van der Waals surface area contributed by atoms with Crippen molar-refractivity contribution in [2.24, 2.45) is 0 Å². The number of nitrogens with one attached hydrogen (secondary N) is 2. The summed E-state index contributed by atoms with van der Waals surface area (Å²) in [5.74, 6) is 1.18. The summed E-state index contributed by atoms with van der Waals surface area (Å²) in [5.41, 5.74) is 1.69. The van der Waals surface area contributed by atoms with Gasteiger partial charge >= 0.3 is 0 Å². The van der Waals surface area contributed by atoms with Crippen LogP contribution in [-0.4, -0.2) is 23.2 Å². The van der Waals surface area contributed by atoms with Crippen molar-refractivity contribution < 1.29 is 19.1 Å². The second-order valence-corrected chi connectivity index (χ2v) is 7.93. The lowest BCUT2D eigenvalue weighted by atomic mass is 10.1. The number of ether oxygens (including phenoxy) is 1. The minimum Gasteiger partial charge on any atom is -0.496 e. The normalized spacial score (nSPS) is 10.5. The van der Waals surface area contributed by atoms with Gasteiger partial charge in [0.05, 0.1) is 23.3 Å². The molecule has 0 atom stereocenters. The van der Waals surface area contributed by atoms with Gasteiger partial charge in [0.15, 0.2) is 5.11 Å². The number of carbonyl (C=O) groups is 1. The molecule has 6 nitrogen and oxygen atoms in total. The molecule has 0 saturated carbocycles. The number of aliphatic hydroxyl groups excluding tert-OH is 1. The second kappa shape index (κ2) is 9.57. The Hall–Kier alpha value is -2.14. The number of amides is 1. The molecule has 1 heterocycles. The lowest BCUT2D eigenvalue weighted by molar-refractivity contribution is 0.0978. The minimum absolute atomic E-state index is 0.125. The zero-order chi connectivity index (χ0) is 21.0. The number of furan rings is 1. The van der Waals surface area contributed by atoms with Gasteiger partial charge in [-0.3, -0.25) is 10.1 Å². The highest BCUT2D eigenvalue weighted by molar-refractivity contribution is 14.1. The van der Waals surface area contributed by atoms with Crippen LogP contribution < -0.4 is 15.4 Å². The molecule has 0 saturated heterocycles. The lowest BCUT2D eigenvalue weighted by Gasteiger charge is -2.13. The molecule has 0 fully saturated rings. The fourth-order valence-electron chi connectivity index (χ4n) is 2.58. The van der Waals surface area contributed by atoms with Gasteiger partial charge in [-0.15, -0.1) is 0 Å². The van der Waals surface area contributed by atoms with E-state index in [9.17, 15) is 4.79 Å². The number of carbonyl (C=O) groups excluding carboxylic acids is 1. The van der Waals surface area contributed by atoms with Crippen LogP contribution in [-0.2, 0) is 6.61 Å². The fraction of sp³-hybridized carbons (Fsp3) is 0.100. The summed E-state index contributed by atoms with van der Waals surface area (Å²) < 4.78 is 11.9. The summed E-state index contributed by atoms with van der Waals surface area (Å²) in [6.07, 6.45) is 0. The highest BCUT2D eigenvalue weighted by Crippen LogP contribution is 2.33. The molecule has 1 amide bonds. The van der Waals surface area contributed by atoms with Gasteiger partial charge in [-0.2, -0.15) is 0 Å². The summed E-state index contributed by atoms with van der Waals surface area (Å²) in [6, 6.07) is 13.9. The van der Waals surface area contributed by atoms with Crippen LogP contribution in [0.3, 0.4) is 0 Å². The Morgan fingerprint density at radius 3 is 2.72 bits per heavy atom. The van der Waals surface area contributed by atoms with Crippen molar-refractivity contribution in [2.75, 3.05) is 12.4 Å². The molecule has 3 N–H and O–H groups in total. The van der Waals surface area contributed by atoms with E-state index in [1.807, 2.05) is 6.07 Å². The SMILES string of the molecule is COc1cc(NC(=S)NC(=O)c2cc(I)ccc2Cl)ccc1-c1ccc(CO)o1. The third kappa shape index (κ3) is 5.27. The topological polar surface area (TPSA) is 83.7 Å². The summed E-state index contributed by atoms with van der Waals surface area (Å²) in [7, 11) is 1.54. The van der Waals surface area contributed by atoms with Gasteiger partial charge in [-0.25, -0.2) is 0 Å². The van der Waals surface area contributed by atoms with Gasteiger partial charge in [0.25, 0.3) is 5.91 Å². The van der Waals surface area contributed by atoms with Crippen LogP contribution in [0.25, 0.3) is 11.3 Å². The predicted octanol–water partition coefficient (Wildman–Crippen LogP) is 4.83. The van der Waals surface area contributed by atoms with Crippen LogP contribution in [0.2, 0.25) is 5.02 Å². The summed E-state index contributed by atoms with van der Waals surface area (Å²) in [5, 5.41) is 15.2. The van der Waals surface area contributed by atoms with Crippen LogP contribution in [0.5, 0.6) is 5.75 Å². The average Bonchev–Trinajstić information content (AvgIpc) is 3.18. The van der Waals surface area contributed by atoms with Crippen molar-refractivity contribution in [1.82, 2.24) is 5.32 Å². The lowest BCUT2D eigenvalue weighted by Crippen LogP contribution is -2.34. The fourth-order valence-corrected chi connectivity index (χ4v) is 3.49. The molecule has 0 aliphatic rings. The number of benzene rings is 2. The van der Waals surface area contributed by atoms with Crippen LogP contribution in [0.1, 0.15) is 16.1 Å². The summed E-state index contributed by atoms with van der Waals surface area (Å²) >= 11 is 13.4. The molecule has 0 spiro atoms. The van der Waals surface area contributed by atoms with E-state index in [1.54, 1.807) is 42.5 Å². The van der Waals surface area contributed by atoms with E-state index in [0.717, 1.165) is 9.13 Å². The van der Waals surface area contributed by atoms with Gasteiger partial charge < -0.3 is 19.6 Å². The molecule has 150 valence electrons. The number of aliphatic hydroxyl groups is 1. The predicted molar refractivity (Wildman–Crippen MR) is 124 cm³/mol. The smallest absolute Gasteiger partial charge is 0.258 e. The number of thiocarbonyl (C=S) groups is 1. The molecule has 0 radical (unpaired) electrons. The first-order valence-electron chi connectivity index (χ1n) is 8.36. The zero-order valence-corrected chi connectivity index (χ0v) is 18.9. The van der Waals surface area contributed by atoms with E-state index in [2.05, 4.69) is 33.2 Å². The highest BCUT2D eigenvalue weighted by atomic mass is 127. The summed E-state index contributed by atoms with van der Waals surface area (Å²) in [4.78, 5) is 12.4. The Kier molecular flexibility index (Phi) is 7.12. The number of rotatable bonds is 5. The van der Waals surface area contributed by atoms with Gasteiger partial charge in [-0.1, -0.05) is 11.6 Å². The third-order valence-electron chi connectivity index (χ3n) is 3.94. The van der Waals surface area contributed by atoms with Crippen molar-refractivity contribution in [3.63, 3.8) is 0 Å². The minimum atomic E-state index is -0.401. The van der Waals surface area contributed by atoms with E-state index in [-0.39, 0.29) is 11.7 Å². The molecule has 2 aromatic carbocycles. The third-order valence-corrected chi connectivity index (χ3v) is 5.15. The maximum atomic E-state index is 12.4. The molecule has 0 bridgehead atoms. The van der Waals surface area contributed by atoms with Crippen molar-refractivity contribution >= 4 is 63.1 Å². The van der Waals surface area contributed by atoms with Crippen LogP contribution in [0.4, 0.5) is 5.69 Å². The maximum absolute atomic E-state index is 12.4. The monoisotopic (exact) mass is 542 g/mol. The maximum Gasteiger partial charge on any atom is 0.258 e. The van der Waals surface area contributed by atoms with Gasteiger partial charge in [0.2, 0.25) is 0 Å². The number of anilines is 1. The molecule has 0 unspecified atom stereocenters. The highest BCUT2D eigenvalue weighted by Gasteiger charge is 2.14. The number of methoxy groups -OCH3 is 1. The van der Waals surface area contributed by atoms with Crippen molar-refractivity contribution in [3.05, 3.63) is 68.4 Å². The molecule has 0 aliphatic heterocycles. The Bertz CT molecular complexity index is 1070. The first-order chi connectivity index (χ1) is 13.9. The van der Waals surface area contributed by atoms with Crippen LogP contribution in [0.15, 0.2) is 52.9 Å². The van der Waals surface area contributed by atoms with E-state index in [0.29, 0.717) is 33.5 Å². The molecule has 3 rings (SSSR count). The molecule has 1 aromatic heterocycles. The van der Waals surface area contributed by atoms with Crippen molar-refractivity contribution in [3.8, 4) is 17.1 Å². The molecule has 3 aromatic rings. The average molecular weight is 543 g/mol. The molecular weight excluding hydrogens is 527 g/mol. The van der Waals surface area contributed by atoms with Gasteiger partial charge in [-0.05, 0) is 77.3 Å². The van der Waals surface area contributed by atoms with E-state index in [4.69, 9.17) is 38.1 Å². The van der Waals surface area contributed by atoms with Crippen LogP contribution in [0, 0.1) is 3.57 Å². The zero-order valence-electron chi connectivity index (χ0n) is 15.2. The van der Waals surface area contributed by atoms with Gasteiger partial charge in [0.1, 0.15) is 23.9 Å². The number of hydrogen-bond acceptors (Lipinski definition) is 5. The molecule has 9 heteroatoms. The number of hydrogen-bond donors (Lipinski definition) is 3. The van der Waals surface area contributed by atoms with Crippen molar-refractivity contribution in [2.45, 2.75) is 6.61 Å². The molecule has 29 heavy (non-hydrogen) atoms. The van der Waals surface area contributed by atoms with Crippen LogP contribution >= 0.6 is 46.4 Å². The Labute approximate surface area is 191 Å². The molecule has 0 aliphatic carbocycles. The Balaban J connectivity index is 1.73. The van der Waals surface area contributed by atoms with E-state index in [1.165, 1.54) is 7.11 Å². The van der Waals surface area contributed by atoms with E-state index >= 15 is 0 Å². The Morgan fingerprint density at radius 2 is 2.03 bits per heavy atom. The largest absolute Gasteiger partial charge is 0.496 e. The second-order valence-electron chi connectivity index (χ2n) is 5.87. The Morgan fingerprint density at radius 1 is 1.24 bits per heavy atom. The van der Waals surface area contributed by atoms with Gasteiger partial charge in [0, 0.05) is 15.3 Å². The summed E-state index contributed by atoms with van der Waals surface area (Å²) in [6.45, 7) is -0.180. The molecular formula is C20H16ClIN2O4S. The van der Waals surface area contributed by atoms with E-state index < -0.39 is 5.91 Å². The van der Waals surface area contributed by atoms with Crippen molar-refractivity contribution in [1.29, 1.82) is 0 Å². The first kappa shape index (κ1) is 21.6. The quantitative estimate of drug-likeness (QED) is 0.316. The number of halogens is 2.